The monoisotopic (exact) mass is 362 g/mol. The largest absolute Gasteiger partial charge is 0.497 e. The molecule has 7 heteroatoms. The summed E-state index contributed by atoms with van der Waals surface area (Å²) in [6.07, 6.45) is 5.19. The average molecular weight is 362 g/mol. The highest BCUT2D eigenvalue weighted by molar-refractivity contribution is 8.00. The Balaban J connectivity index is 1.82. The molecule has 136 valence electrons. The summed E-state index contributed by atoms with van der Waals surface area (Å²) in [5.41, 5.74) is 1.04. The number of nitrogens with one attached hydrogen (secondary N) is 1. The molecule has 0 saturated heterocycles. The van der Waals surface area contributed by atoms with E-state index in [9.17, 15) is 4.79 Å². The van der Waals surface area contributed by atoms with Crippen molar-refractivity contribution in [2.24, 2.45) is 0 Å². The maximum atomic E-state index is 12.3. The van der Waals surface area contributed by atoms with Gasteiger partial charge < -0.3 is 14.6 Å². The number of thioether (sulfide) groups is 1. The number of amides is 1. The van der Waals surface area contributed by atoms with Gasteiger partial charge in [-0.05, 0) is 31.0 Å². The zero-order valence-electron chi connectivity index (χ0n) is 15.1. The number of aryl methyl sites for hydroxylation is 1. The highest BCUT2D eigenvalue weighted by atomic mass is 32.2. The Morgan fingerprint density at radius 1 is 1.32 bits per heavy atom. The van der Waals surface area contributed by atoms with Gasteiger partial charge >= 0.3 is 0 Å². The SMILES string of the molecule is CCCCCn1cnnc1S[C@@H](C)C(=O)NCc1ccc(OC)cc1. The lowest BCUT2D eigenvalue weighted by Crippen LogP contribution is -2.30. The zero-order chi connectivity index (χ0) is 18.1. The van der Waals surface area contributed by atoms with Crippen LogP contribution in [-0.2, 0) is 17.9 Å². The lowest BCUT2D eigenvalue weighted by atomic mass is 10.2. The van der Waals surface area contributed by atoms with Gasteiger partial charge in [0.1, 0.15) is 12.1 Å². The molecule has 0 spiro atoms. The fraction of sp³-hybridized carbons (Fsp3) is 0.500. The number of methoxy groups -OCH3 is 1. The van der Waals surface area contributed by atoms with Crippen molar-refractivity contribution in [3.8, 4) is 5.75 Å². The smallest absolute Gasteiger partial charge is 0.233 e. The van der Waals surface area contributed by atoms with Crippen LogP contribution < -0.4 is 10.1 Å². The van der Waals surface area contributed by atoms with Crippen LogP contribution in [0.25, 0.3) is 0 Å². The second-order valence-corrected chi connectivity index (χ2v) is 7.15. The Bertz CT molecular complexity index is 657. The van der Waals surface area contributed by atoms with Gasteiger partial charge in [-0.1, -0.05) is 43.7 Å². The fourth-order valence-electron chi connectivity index (χ4n) is 2.31. The number of ether oxygens (including phenoxy) is 1. The van der Waals surface area contributed by atoms with Gasteiger partial charge in [0, 0.05) is 13.1 Å². The van der Waals surface area contributed by atoms with Crippen molar-refractivity contribution in [1.82, 2.24) is 20.1 Å². The van der Waals surface area contributed by atoms with E-state index in [1.807, 2.05) is 35.8 Å². The lowest BCUT2D eigenvalue weighted by molar-refractivity contribution is -0.120. The van der Waals surface area contributed by atoms with Crippen LogP contribution in [0.5, 0.6) is 5.75 Å². The minimum absolute atomic E-state index is 0.0103. The molecule has 6 nitrogen and oxygen atoms in total. The van der Waals surface area contributed by atoms with E-state index in [-0.39, 0.29) is 11.2 Å². The van der Waals surface area contributed by atoms with Crippen molar-refractivity contribution in [2.75, 3.05) is 7.11 Å². The average Bonchev–Trinajstić information content (AvgIpc) is 3.07. The molecule has 1 aromatic heterocycles. The summed E-state index contributed by atoms with van der Waals surface area (Å²) in [5.74, 6) is 0.797. The topological polar surface area (TPSA) is 69.0 Å². The Morgan fingerprint density at radius 2 is 2.08 bits per heavy atom. The summed E-state index contributed by atoms with van der Waals surface area (Å²) in [4.78, 5) is 12.3. The molecule has 0 aliphatic heterocycles. The van der Waals surface area contributed by atoms with Gasteiger partial charge in [0.25, 0.3) is 0 Å². The predicted octanol–water partition coefficient (Wildman–Crippen LogP) is 3.27. The van der Waals surface area contributed by atoms with Crippen LogP contribution in [0, 0.1) is 0 Å². The molecule has 0 saturated carbocycles. The van der Waals surface area contributed by atoms with Gasteiger partial charge in [0.2, 0.25) is 5.91 Å². The maximum absolute atomic E-state index is 12.3. The lowest BCUT2D eigenvalue weighted by Gasteiger charge is -2.12. The van der Waals surface area contributed by atoms with Crippen molar-refractivity contribution in [2.45, 2.75) is 56.6 Å². The normalized spacial score (nSPS) is 12.0. The first-order valence-electron chi connectivity index (χ1n) is 8.59. The predicted molar refractivity (Wildman–Crippen MR) is 99.7 cm³/mol. The molecule has 1 amide bonds. The van der Waals surface area contributed by atoms with Crippen LogP contribution in [0.2, 0.25) is 0 Å². The first-order chi connectivity index (χ1) is 12.1. The molecule has 0 aliphatic carbocycles. The van der Waals surface area contributed by atoms with Gasteiger partial charge in [-0.2, -0.15) is 0 Å². The van der Waals surface area contributed by atoms with Crippen LogP contribution in [0.1, 0.15) is 38.7 Å². The molecule has 0 bridgehead atoms. The second-order valence-electron chi connectivity index (χ2n) is 5.84. The minimum atomic E-state index is -0.229. The van der Waals surface area contributed by atoms with Crippen LogP contribution in [0.15, 0.2) is 35.7 Å². The summed E-state index contributed by atoms with van der Waals surface area (Å²) in [7, 11) is 1.64. The molecule has 0 radical (unpaired) electrons. The van der Waals surface area contributed by atoms with Crippen LogP contribution in [0.3, 0.4) is 0 Å². The third-order valence-corrected chi connectivity index (χ3v) is 4.95. The number of benzene rings is 1. The van der Waals surface area contributed by atoms with E-state index in [1.165, 1.54) is 24.6 Å². The fourth-order valence-corrected chi connectivity index (χ4v) is 3.18. The quantitative estimate of drug-likeness (QED) is 0.519. The first kappa shape index (κ1) is 19.3. The van der Waals surface area contributed by atoms with Gasteiger partial charge in [-0.15, -0.1) is 10.2 Å². The molecule has 25 heavy (non-hydrogen) atoms. The maximum Gasteiger partial charge on any atom is 0.233 e. The number of carbonyl (C=O) groups is 1. The molecule has 2 rings (SSSR count). The summed E-state index contributed by atoms with van der Waals surface area (Å²) >= 11 is 1.44. The molecule has 1 aromatic carbocycles. The summed E-state index contributed by atoms with van der Waals surface area (Å²) in [5, 5.41) is 11.6. The molecular formula is C18H26N4O2S. The van der Waals surface area contributed by atoms with E-state index in [1.54, 1.807) is 13.4 Å². The van der Waals surface area contributed by atoms with Gasteiger partial charge in [-0.25, -0.2) is 0 Å². The summed E-state index contributed by atoms with van der Waals surface area (Å²) in [6, 6.07) is 7.67. The summed E-state index contributed by atoms with van der Waals surface area (Å²) < 4.78 is 7.15. The Hall–Kier alpha value is -2.02. The van der Waals surface area contributed by atoms with Crippen molar-refractivity contribution in [3.05, 3.63) is 36.2 Å². The van der Waals surface area contributed by atoms with Crippen molar-refractivity contribution in [1.29, 1.82) is 0 Å². The molecule has 1 heterocycles. The van der Waals surface area contributed by atoms with E-state index in [0.29, 0.717) is 6.54 Å². The molecule has 1 N–H and O–H groups in total. The number of hydrogen-bond acceptors (Lipinski definition) is 5. The second kappa shape index (κ2) is 10.1. The van der Waals surface area contributed by atoms with Gasteiger partial charge in [-0.3, -0.25) is 4.79 Å². The summed E-state index contributed by atoms with van der Waals surface area (Å²) in [6.45, 7) is 5.45. The Kier molecular flexibility index (Phi) is 7.78. The van der Waals surface area contributed by atoms with Crippen molar-refractivity contribution < 1.29 is 9.53 Å². The zero-order valence-corrected chi connectivity index (χ0v) is 15.9. The molecule has 0 fully saturated rings. The van der Waals surface area contributed by atoms with Crippen molar-refractivity contribution >= 4 is 17.7 Å². The third kappa shape index (κ3) is 6.08. The van der Waals surface area contributed by atoms with Crippen molar-refractivity contribution in [3.63, 3.8) is 0 Å². The number of hydrogen-bond donors (Lipinski definition) is 1. The molecule has 0 aliphatic rings. The van der Waals surface area contributed by atoms with E-state index in [4.69, 9.17) is 4.74 Å². The highest BCUT2D eigenvalue weighted by Gasteiger charge is 2.17. The highest BCUT2D eigenvalue weighted by Crippen LogP contribution is 2.21. The number of nitrogens with zero attached hydrogens (tertiary/aromatic N) is 3. The molecule has 0 unspecified atom stereocenters. The third-order valence-electron chi connectivity index (χ3n) is 3.86. The van der Waals surface area contributed by atoms with Gasteiger partial charge in [0.15, 0.2) is 5.16 Å². The van der Waals surface area contributed by atoms with Gasteiger partial charge in [0.05, 0.1) is 12.4 Å². The van der Waals surface area contributed by atoms with E-state index in [2.05, 4.69) is 22.4 Å². The van der Waals surface area contributed by atoms with Crippen LogP contribution in [0.4, 0.5) is 0 Å². The van der Waals surface area contributed by atoms with E-state index >= 15 is 0 Å². The molecular weight excluding hydrogens is 336 g/mol. The van der Waals surface area contributed by atoms with Crippen LogP contribution >= 0.6 is 11.8 Å². The molecule has 1 atom stereocenters. The number of rotatable bonds is 10. The van der Waals surface area contributed by atoms with E-state index < -0.39 is 0 Å². The number of carbonyl (C=O) groups excluding carboxylic acids is 1. The first-order valence-corrected chi connectivity index (χ1v) is 9.47. The number of aromatic nitrogens is 3. The van der Waals surface area contributed by atoms with Crippen LogP contribution in [-0.4, -0.2) is 33.0 Å². The standard InChI is InChI=1S/C18H26N4O2S/c1-4-5-6-11-22-13-20-21-18(22)25-14(2)17(23)19-12-15-7-9-16(24-3)10-8-15/h7-10,13-14H,4-6,11-12H2,1-3H3,(H,19,23)/t14-/m0/s1. The van der Waals surface area contributed by atoms with E-state index in [0.717, 1.165) is 29.4 Å². The minimum Gasteiger partial charge on any atom is -0.497 e. The Labute approximate surface area is 153 Å². The number of unbranched alkanes of at least 4 members (excludes halogenated alkanes) is 2. The Morgan fingerprint density at radius 3 is 2.76 bits per heavy atom. The molecule has 2 aromatic rings.